The smallest absolute Gasteiger partial charge is 0.255 e. The third-order valence-corrected chi connectivity index (χ3v) is 2.61. The van der Waals surface area contributed by atoms with Gasteiger partial charge in [0.15, 0.2) is 0 Å². The Kier molecular flexibility index (Phi) is 3.92. The Morgan fingerprint density at radius 2 is 2.17 bits per heavy atom. The van der Waals surface area contributed by atoms with Crippen molar-refractivity contribution in [1.82, 2.24) is 4.98 Å². The van der Waals surface area contributed by atoms with E-state index in [1.165, 1.54) is 0 Å². The summed E-state index contributed by atoms with van der Waals surface area (Å²) in [6, 6.07) is 10.3. The van der Waals surface area contributed by atoms with Crippen LogP contribution in [0.2, 0.25) is 5.02 Å². The summed E-state index contributed by atoms with van der Waals surface area (Å²) in [5.74, 6) is -0.214. The molecule has 0 atom stereocenters. The highest BCUT2D eigenvalue weighted by Crippen LogP contribution is 2.15. The van der Waals surface area contributed by atoms with Crippen LogP contribution in [0.4, 0.5) is 5.69 Å². The average Bonchev–Trinajstić information content (AvgIpc) is 2.39. The number of halogens is 1. The number of pyridine rings is 1. The summed E-state index contributed by atoms with van der Waals surface area (Å²) in [5.41, 5.74) is 7.32. The number of hydrogen-bond acceptors (Lipinski definition) is 3. The Labute approximate surface area is 110 Å². The maximum absolute atomic E-state index is 12.0. The zero-order chi connectivity index (χ0) is 13.0. The van der Waals surface area contributed by atoms with Gasteiger partial charge >= 0.3 is 0 Å². The van der Waals surface area contributed by atoms with Gasteiger partial charge in [-0.3, -0.25) is 9.78 Å². The van der Waals surface area contributed by atoms with Crippen molar-refractivity contribution in [3.63, 3.8) is 0 Å². The molecule has 0 fully saturated rings. The molecule has 2 rings (SSSR count). The van der Waals surface area contributed by atoms with Crippen LogP contribution >= 0.6 is 11.6 Å². The van der Waals surface area contributed by atoms with Crippen molar-refractivity contribution in [2.45, 2.75) is 6.54 Å². The first kappa shape index (κ1) is 12.5. The number of amides is 1. The van der Waals surface area contributed by atoms with E-state index in [1.807, 2.05) is 0 Å². The van der Waals surface area contributed by atoms with Crippen molar-refractivity contribution in [3.05, 3.63) is 58.9 Å². The van der Waals surface area contributed by atoms with Crippen molar-refractivity contribution < 1.29 is 4.79 Å². The highest BCUT2D eigenvalue weighted by molar-refractivity contribution is 6.30. The quantitative estimate of drug-likeness (QED) is 0.892. The molecule has 0 spiro atoms. The normalized spacial score (nSPS) is 10.1. The molecule has 5 heteroatoms. The van der Waals surface area contributed by atoms with E-state index in [4.69, 9.17) is 17.3 Å². The molecular weight excluding hydrogens is 250 g/mol. The second-order valence-corrected chi connectivity index (χ2v) is 4.14. The van der Waals surface area contributed by atoms with Crippen LogP contribution in [0.3, 0.4) is 0 Å². The van der Waals surface area contributed by atoms with Crippen LogP contribution in [-0.2, 0) is 6.54 Å². The first-order valence-corrected chi connectivity index (χ1v) is 5.79. The predicted octanol–water partition coefficient (Wildman–Crippen LogP) is 2.45. The van der Waals surface area contributed by atoms with Gasteiger partial charge in [-0.2, -0.15) is 0 Å². The van der Waals surface area contributed by atoms with E-state index in [-0.39, 0.29) is 5.91 Å². The molecular formula is C13H12ClN3O. The minimum Gasteiger partial charge on any atom is -0.325 e. The van der Waals surface area contributed by atoms with Crippen LogP contribution in [0.1, 0.15) is 16.1 Å². The molecule has 4 nitrogen and oxygen atoms in total. The summed E-state index contributed by atoms with van der Waals surface area (Å²) in [5, 5.41) is 3.33. The van der Waals surface area contributed by atoms with E-state index in [1.54, 1.807) is 42.6 Å². The number of aromatic nitrogens is 1. The number of rotatable bonds is 3. The van der Waals surface area contributed by atoms with E-state index < -0.39 is 0 Å². The lowest BCUT2D eigenvalue weighted by atomic mass is 10.2. The van der Waals surface area contributed by atoms with Gasteiger partial charge in [-0.25, -0.2) is 0 Å². The van der Waals surface area contributed by atoms with Gasteiger partial charge in [0.05, 0.1) is 5.69 Å². The maximum Gasteiger partial charge on any atom is 0.255 e. The Hall–Kier alpha value is -1.91. The SMILES string of the molecule is NCc1cc(C(=O)Nc2cccc(Cl)c2)ccn1. The fraction of sp³-hybridized carbons (Fsp3) is 0.0769. The van der Waals surface area contributed by atoms with Crippen LogP contribution in [0.25, 0.3) is 0 Å². The Morgan fingerprint density at radius 1 is 1.33 bits per heavy atom. The molecule has 18 heavy (non-hydrogen) atoms. The van der Waals surface area contributed by atoms with Crippen molar-refractivity contribution >= 4 is 23.2 Å². The molecule has 0 aliphatic rings. The van der Waals surface area contributed by atoms with Crippen LogP contribution in [0.5, 0.6) is 0 Å². The Bertz CT molecular complexity index is 572. The molecule has 1 aromatic carbocycles. The van der Waals surface area contributed by atoms with E-state index in [0.29, 0.717) is 28.5 Å². The summed E-state index contributed by atoms with van der Waals surface area (Å²) in [4.78, 5) is 16.0. The zero-order valence-corrected chi connectivity index (χ0v) is 10.3. The van der Waals surface area contributed by atoms with Crippen molar-refractivity contribution in [1.29, 1.82) is 0 Å². The number of anilines is 1. The van der Waals surface area contributed by atoms with Crippen LogP contribution in [0.15, 0.2) is 42.6 Å². The van der Waals surface area contributed by atoms with Crippen molar-refractivity contribution in [2.24, 2.45) is 5.73 Å². The number of nitrogens with one attached hydrogen (secondary N) is 1. The van der Waals surface area contributed by atoms with Crippen LogP contribution in [0, 0.1) is 0 Å². The fourth-order valence-corrected chi connectivity index (χ4v) is 1.69. The monoisotopic (exact) mass is 261 g/mol. The molecule has 0 aliphatic heterocycles. The topological polar surface area (TPSA) is 68.0 Å². The number of nitrogens with two attached hydrogens (primary N) is 1. The molecule has 1 aromatic heterocycles. The summed E-state index contributed by atoms with van der Waals surface area (Å²) < 4.78 is 0. The molecule has 0 unspecified atom stereocenters. The summed E-state index contributed by atoms with van der Waals surface area (Å²) in [6.07, 6.45) is 1.56. The third-order valence-electron chi connectivity index (χ3n) is 2.37. The first-order chi connectivity index (χ1) is 8.69. The minimum absolute atomic E-state index is 0.214. The molecule has 0 bridgehead atoms. The zero-order valence-electron chi connectivity index (χ0n) is 9.56. The third kappa shape index (κ3) is 3.06. The summed E-state index contributed by atoms with van der Waals surface area (Å²) in [6.45, 7) is 0.304. The first-order valence-electron chi connectivity index (χ1n) is 5.41. The van der Waals surface area contributed by atoms with Gasteiger partial charge in [-0.15, -0.1) is 0 Å². The lowest BCUT2D eigenvalue weighted by Crippen LogP contribution is -2.13. The van der Waals surface area contributed by atoms with Crippen molar-refractivity contribution in [3.8, 4) is 0 Å². The van der Waals surface area contributed by atoms with Gasteiger partial charge in [-0.05, 0) is 30.3 Å². The molecule has 0 aliphatic carbocycles. The number of carbonyl (C=O) groups is 1. The van der Waals surface area contributed by atoms with E-state index in [0.717, 1.165) is 0 Å². The van der Waals surface area contributed by atoms with Gasteiger partial charge < -0.3 is 11.1 Å². The van der Waals surface area contributed by atoms with Crippen LogP contribution in [-0.4, -0.2) is 10.9 Å². The number of nitrogens with zero attached hydrogens (tertiary/aromatic N) is 1. The van der Waals surface area contributed by atoms with Crippen molar-refractivity contribution in [2.75, 3.05) is 5.32 Å². The van der Waals surface area contributed by atoms with E-state index in [2.05, 4.69) is 10.3 Å². The second kappa shape index (κ2) is 5.62. The molecule has 0 radical (unpaired) electrons. The highest BCUT2D eigenvalue weighted by Gasteiger charge is 2.07. The standard InChI is InChI=1S/C13H12ClN3O/c14-10-2-1-3-11(7-10)17-13(18)9-4-5-16-12(6-9)8-15/h1-7H,8,15H2,(H,17,18). The fourth-order valence-electron chi connectivity index (χ4n) is 1.50. The van der Waals surface area contributed by atoms with Gasteiger partial charge in [-0.1, -0.05) is 17.7 Å². The summed E-state index contributed by atoms with van der Waals surface area (Å²) in [7, 11) is 0. The van der Waals surface area contributed by atoms with Gasteiger partial charge in [0.25, 0.3) is 5.91 Å². The number of hydrogen-bond donors (Lipinski definition) is 2. The molecule has 1 amide bonds. The molecule has 0 saturated carbocycles. The average molecular weight is 262 g/mol. The predicted molar refractivity (Wildman–Crippen MR) is 71.5 cm³/mol. The Balaban J connectivity index is 2.16. The molecule has 0 saturated heterocycles. The maximum atomic E-state index is 12.0. The molecule has 92 valence electrons. The summed E-state index contributed by atoms with van der Waals surface area (Å²) >= 11 is 5.84. The minimum atomic E-state index is -0.214. The van der Waals surface area contributed by atoms with Crippen LogP contribution < -0.4 is 11.1 Å². The number of carbonyl (C=O) groups excluding carboxylic acids is 1. The second-order valence-electron chi connectivity index (χ2n) is 3.70. The number of benzene rings is 1. The molecule has 3 N–H and O–H groups in total. The lowest BCUT2D eigenvalue weighted by Gasteiger charge is -2.06. The van der Waals surface area contributed by atoms with Gasteiger partial charge in [0.2, 0.25) is 0 Å². The highest BCUT2D eigenvalue weighted by atomic mass is 35.5. The lowest BCUT2D eigenvalue weighted by molar-refractivity contribution is 0.102. The van der Waals surface area contributed by atoms with E-state index >= 15 is 0 Å². The Morgan fingerprint density at radius 3 is 2.89 bits per heavy atom. The van der Waals surface area contributed by atoms with Gasteiger partial charge in [0.1, 0.15) is 0 Å². The molecule has 2 aromatic rings. The molecule has 1 heterocycles. The largest absolute Gasteiger partial charge is 0.325 e. The van der Waals surface area contributed by atoms with E-state index in [9.17, 15) is 4.79 Å². The van der Waals surface area contributed by atoms with Gasteiger partial charge in [0, 0.05) is 29.0 Å².